The highest BCUT2D eigenvalue weighted by Crippen LogP contribution is 2.38. The van der Waals surface area contributed by atoms with E-state index in [1.54, 1.807) is 7.05 Å². The van der Waals surface area contributed by atoms with Crippen molar-refractivity contribution in [2.45, 2.75) is 48.7 Å². The van der Waals surface area contributed by atoms with Gasteiger partial charge in [-0.05, 0) is 31.7 Å². The van der Waals surface area contributed by atoms with Gasteiger partial charge < -0.3 is 5.32 Å². The second kappa shape index (κ2) is 5.41. The first-order valence-corrected chi connectivity index (χ1v) is 9.58. The summed E-state index contributed by atoms with van der Waals surface area (Å²) in [5.41, 5.74) is 0. The first-order valence-electron chi connectivity index (χ1n) is 6.57. The fraction of sp³-hybridized carbons (Fsp3) is 0.667. The van der Waals surface area contributed by atoms with Gasteiger partial charge in [-0.2, -0.15) is 4.31 Å². The number of sulfonamides is 1. The van der Waals surface area contributed by atoms with Crippen molar-refractivity contribution in [3.8, 4) is 0 Å². The molecule has 2 fully saturated rings. The van der Waals surface area contributed by atoms with E-state index in [1.165, 1.54) is 10.4 Å². The van der Waals surface area contributed by atoms with Crippen LogP contribution in [0, 0.1) is 0 Å². The number of fused-ring (bicyclic) bond motifs is 2. The van der Waals surface area contributed by atoms with E-state index in [0.717, 1.165) is 37.0 Å². The molecule has 0 amide bonds. The van der Waals surface area contributed by atoms with E-state index < -0.39 is 10.0 Å². The van der Waals surface area contributed by atoms with E-state index in [0.29, 0.717) is 16.4 Å². The SMILES string of the molecule is CN(C1CC2CCC(C1)N2)S(=O)(=O)c1cc(Cl)sc1Cl. The average molecular weight is 355 g/mol. The molecule has 1 aromatic rings. The van der Waals surface area contributed by atoms with Crippen LogP contribution in [0.2, 0.25) is 8.67 Å². The molecule has 2 aliphatic rings. The summed E-state index contributed by atoms with van der Waals surface area (Å²) in [5.74, 6) is 0. The van der Waals surface area contributed by atoms with Crippen LogP contribution < -0.4 is 5.32 Å². The van der Waals surface area contributed by atoms with Crippen LogP contribution in [-0.4, -0.2) is 37.9 Å². The zero-order chi connectivity index (χ0) is 14.5. The summed E-state index contributed by atoms with van der Waals surface area (Å²) >= 11 is 12.9. The monoisotopic (exact) mass is 354 g/mol. The number of hydrogen-bond donors (Lipinski definition) is 1. The molecule has 3 rings (SSSR count). The van der Waals surface area contributed by atoms with E-state index in [-0.39, 0.29) is 15.3 Å². The zero-order valence-corrected chi connectivity index (χ0v) is 14.1. The van der Waals surface area contributed by atoms with Gasteiger partial charge in [0.25, 0.3) is 0 Å². The second-order valence-electron chi connectivity index (χ2n) is 5.47. The van der Waals surface area contributed by atoms with Crippen molar-refractivity contribution in [3.63, 3.8) is 0 Å². The Labute approximate surface area is 133 Å². The minimum Gasteiger partial charge on any atom is -0.311 e. The van der Waals surface area contributed by atoms with E-state index in [9.17, 15) is 8.42 Å². The van der Waals surface area contributed by atoms with Gasteiger partial charge in [0.05, 0.1) is 4.34 Å². The van der Waals surface area contributed by atoms with Gasteiger partial charge in [-0.3, -0.25) is 0 Å². The third-order valence-electron chi connectivity index (χ3n) is 4.24. The maximum Gasteiger partial charge on any atom is 0.245 e. The van der Waals surface area contributed by atoms with Crippen LogP contribution in [0.15, 0.2) is 11.0 Å². The molecule has 2 unspecified atom stereocenters. The van der Waals surface area contributed by atoms with Gasteiger partial charge >= 0.3 is 0 Å². The molecular weight excluding hydrogens is 339 g/mol. The molecule has 2 saturated heterocycles. The van der Waals surface area contributed by atoms with Gasteiger partial charge in [-0.1, -0.05) is 23.2 Å². The summed E-state index contributed by atoms with van der Waals surface area (Å²) in [5, 5.41) is 3.52. The van der Waals surface area contributed by atoms with Gasteiger partial charge in [0.2, 0.25) is 10.0 Å². The molecule has 20 heavy (non-hydrogen) atoms. The number of nitrogens with zero attached hydrogens (tertiary/aromatic N) is 1. The number of piperidine rings is 1. The maximum atomic E-state index is 12.7. The third-order valence-corrected chi connectivity index (χ3v) is 7.91. The highest BCUT2D eigenvalue weighted by Gasteiger charge is 2.39. The molecule has 3 heterocycles. The summed E-state index contributed by atoms with van der Waals surface area (Å²) < 4.78 is 27.4. The highest BCUT2D eigenvalue weighted by molar-refractivity contribution is 7.89. The molecule has 0 saturated carbocycles. The summed E-state index contributed by atoms with van der Waals surface area (Å²) in [4.78, 5) is 0.127. The Hall–Kier alpha value is 0.150. The number of nitrogens with one attached hydrogen (secondary N) is 1. The molecule has 0 radical (unpaired) electrons. The number of halogens is 2. The third kappa shape index (κ3) is 2.62. The van der Waals surface area contributed by atoms with E-state index in [1.807, 2.05) is 0 Å². The number of hydrogen-bond acceptors (Lipinski definition) is 4. The lowest BCUT2D eigenvalue weighted by atomic mass is 10.0. The largest absolute Gasteiger partial charge is 0.311 e. The van der Waals surface area contributed by atoms with Crippen LogP contribution >= 0.6 is 34.5 Å². The highest BCUT2D eigenvalue weighted by atomic mass is 35.5. The molecule has 2 aliphatic heterocycles. The lowest BCUT2D eigenvalue weighted by molar-refractivity contribution is 0.251. The fourth-order valence-electron chi connectivity index (χ4n) is 3.18. The van der Waals surface area contributed by atoms with Crippen LogP contribution in [0.4, 0.5) is 0 Å². The molecule has 112 valence electrons. The van der Waals surface area contributed by atoms with E-state index in [2.05, 4.69) is 5.32 Å². The zero-order valence-electron chi connectivity index (χ0n) is 11.0. The smallest absolute Gasteiger partial charge is 0.245 e. The van der Waals surface area contributed by atoms with Crippen molar-refractivity contribution in [2.24, 2.45) is 0 Å². The van der Waals surface area contributed by atoms with Crippen molar-refractivity contribution >= 4 is 44.6 Å². The van der Waals surface area contributed by atoms with Gasteiger partial charge in [-0.25, -0.2) is 8.42 Å². The Morgan fingerprint density at radius 2 is 1.90 bits per heavy atom. The van der Waals surface area contributed by atoms with Crippen molar-refractivity contribution in [1.29, 1.82) is 0 Å². The second-order valence-corrected chi connectivity index (χ2v) is 9.72. The first kappa shape index (κ1) is 15.1. The minimum atomic E-state index is -3.57. The van der Waals surface area contributed by atoms with Crippen LogP contribution in [0.5, 0.6) is 0 Å². The molecule has 4 nitrogen and oxygen atoms in total. The normalized spacial score (nSPS) is 30.1. The first-order chi connectivity index (χ1) is 9.38. The predicted molar refractivity (Wildman–Crippen MR) is 82.3 cm³/mol. The lowest BCUT2D eigenvalue weighted by Crippen LogP contribution is -2.48. The average Bonchev–Trinajstić information content (AvgIpc) is 2.90. The standard InChI is InChI=1S/C12H16Cl2N2O2S2/c1-16(9-4-7-2-3-8(5-9)15-7)20(17,18)10-6-11(13)19-12(10)14/h6-9,15H,2-5H2,1H3. The van der Waals surface area contributed by atoms with Crippen LogP contribution in [0.25, 0.3) is 0 Å². The van der Waals surface area contributed by atoms with Gasteiger partial charge in [0, 0.05) is 25.2 Å². The Morgan fingerprint density at radius 1 is 1.30 bits per heavy atom. The van der Waals surface area contributed by atoms with Crippen molar-refractivity contribution in [2.75, 3.05) is 7.05 Å². The minimum absolute atomic E-state index is 0.0356. The Kier molecular flexibility index (Phi) is 4.07. The quantitative estimate of drug-likeness (QED) is 0.907. The Bertz CT molecular complexity index is 605. The lowest BCUT2D eigenvalue weighted by Gasteiger charge is -2.34. The maximum absolute atomic E-state index is 12.7. The summed E-state index contributed by atoms with van der Waals surface area (Å²) in [6.45, 7) is 0. The Balaban J connectivity index is 1.86. The summed E-state index contributed by atoms with van der Waals surface area (Å²) in [6, 6.07) is 2.36. The molecule has 2 bridgehead atoms. The van der Waals surface area contributed by atoms with Gasteiger partial charge in [0.1, 0.15) is 9.23 Å². The van der Waals surface area contributed by atoms with Crippen LogP contribution in [-0.2, 0) is 10.0 Å². The van der Waals surface area contributed by atoms with Crippen molar-refractivity contribution < 1.29 is 8.42 Å². The van der Waals surface area contributed by atoms with E-state index >= 15 is 0 Å². The molecule has 2 atom stereocenters. The molecular formula is C12H16Cl2N2O2S2. The van der Waals surface area contributed by atoms with Crippen molar-refractivity contribution in [1.82, 2.24) is 9.62 Å². The number of thiophene rings is 1. The molecule has 0 spiro atoms. The number of rotatable bonds is 3. The topological polar surface area (TPSA) is 49.4 Å². The molecule has 8 heteroatoms. The van der Waals surface area contributed by atoms with E-state index in [4.69, 9.17) is 23.2 Å². The molecule has 0 aliphatic carbocycles. The summed E-state index contributed by atoms with van der Waals surface area (Å²) in [7, 11) is -1.92. The fourth-order valence-corrected chi connectivity index (χ4v) is 6.66. The Morgan fingerprint density at radius 3 is 2.40 bits per heavy atom. The van der Waals surface area contributed by atoms with Gasteiger partial charge in [0.15, 0.2) is 0 Å². The van der Waals surface area contributed by atoms with Crippen LogP contribution in [0.1, 0.15) is 25.7 Å². The van der Waals surface area contributed by atoms with Crippen LogP contribution in [0.3, 0.4) is 0 Å². The van der Waals surface area contributed by atoms with Crippen molar-refractivity contribution in [3.05, 3.63) is 14.7 Å². The molecule has 0 aromatic carbocycles. The summed E-state index contributed by atoms with van der Waals surface area (Å²) in [6.07, 6.45) is 4.00. The molecule has 1 N–H and O–H groups in total. The van der Waals surface area contributed by atoms with Gasteiger partial charge in [-0.15, -0.1) is 11.3 Å². The molecule has 1 aromatic heterocycles. The predicted octanol–water partition coefficient (Wildman–Crippen LogP) is 2.96.